The average Bonchev–Trinajstić information content (AvgIpc) is 2.59. The first-order valence-corrected chi connectivity index (χ1v) is 7.68. The average molecular weight is 346 g/mol. The van der Waals surface area contributed by atoms with Crippen molar-refractivity contribution >= 4 is 5.91 Å². The van der Waals surface area contributed by atoms with Gasteiger partial charge < -0.3 is 24.5 Å². The van der Waals surface area contributed by atoms with E-state index in [4.69, 9.17) is 14.2 Å². The zero-order chi connectivity index (χ0) is 18.6. The maximum absolute atomic E-state index is 12.5. The van der Waals surface area contributed by atoms with Crippen molar-refractivity contribution in [3.8, 4) is 17.2 Å². The number of carbonyl (C=O) groups is 1. The van der Waals surface area contributed by atoms with Crippen molar-refractivity contribution in [1.82, 2.24) is 10.3 Å². The van der Waals surface area contributed by atoms with Gasteiger partial charge in [-0.2, -0.15) is 0 Å². The van der Waals surface area contributed by atoms with Gasteiger partial charge in [0.2, 0.25) is 5.75 Å². The van der Waals surface area contributed by atoms with Gasteiger partial charge in [0.05, 0.1) is 21.3 Å². The number of H-pyrrole nitrogens is 1. The van der Waals surface area contributed by atoms with Crippen molar-refractivity contribution in [3.05, 3.63) is 50.9 Å². The van der Waals surface area contributed by atoms with Crippen LogP contribution in [0.3, 0.4) is 0 Å². The summed E-state index contributed by atoms with van der Waals surface area (Å²) in [6.45, 7) is 3.77. The first-order chi connectivity index (χ1) is 11.9. The molecule has 1 amide bonds. The third-order valence-corrected chi connectivity index (χ3v) is 3.85. The molecule has 0 fully saturated rings. The van der Waals surface area contributed by atoms with Crippen LogP contribution in [0.5, 0.6) is 17.2 Å². The SMILES string of the molecule is COc1cc(C(=O)NCc2c(C)cc(C)[nH]c2=O)cc(OC)c1OC. The predicted octanol–water partition coefficient (Wildman–Crippen LogP) is 1.95. The largest absolute Gasteiger partial charge is 0.493 e. The molecule has 0 saturated carbocycles. The summed E-state index contributed by atoms with van der Waals surface area (Å²) in [5.41, 5.74) is 2.26. The summed E-state index contributed by atoms with van der Waals surface area (Å²) in [7, 11) is 4.45. The molecule has 0 bridgehead atoms. The second-order valence-corrected chi connectivity index (χ2v) is 5.54. The van der Waals surface area contributed by atoms with Crippen molar-refractivity contribution in [1.29, 1.82) is 0 Å². The molecule has 0 unspecified atom stereocenters. The molecule has 1 aromatic heterocycles. The van der Waals surface area contributed by atoms with Crippen LogP contribution in [0, 0.1) is 13.8 Å². The topological polar surface area (TPSA) is 89.7 Å². The molecule has 25 heavy (non-hydrogen) atoms. The number of aromatic nitrogens is 1. The minimum Gasteiger partial charge on any atom is -0.493 e. The number of nitrogens with one attached hydrogen (secondary N) is 2. The molecule has 7 heteroatoms. The van der Waals surface area contributed by atoms with Gasteiger partial charge in [-0.05, 0) is 37.6 Å². The Morgan fingerprint density at radius 1 is 1.04 bits per heavy atom. The molecule has 0 radical (unpaired) electrons. The quantitative estimate of drug-likeness (QED) is 0.834. The van der Waals surface area contributed by atoms with Crippen molar-refractivity contribution in [2.45, 2.75) is 20.4 Å². The minimum absolute atomic E-state index is 0.122. The molecule has 1 aromatic carbocycles. The Morgan fingerprint density at radius 2 is 1.64 bits per heavy atom. The summed E-state index contributed by atoms with van der Waals surface area (Å²) < 4.78 is 15.7. The van der Waals surface area contributed by atoms with Gasteiger partial charge in [0.15, 0.2) is 11.5 Å². The van der Waals surface area contributed by atoms with Crippen molar-refractivity contribution in [3.63, 3.8) is 0 Å². The molecule has 0 atom stereocenters. The number of ether oxygens (including phenoxy) is 3. The van der Waals surface area contributed by atoms with Gasteiger partial charge >= 0.3 is 0 Å². The molecule has 7 nitrogen and oxygen atoms in total. The summed E-state index contributed by atoms with van der Waals surface area (Å²) in [5.74, 6) is 0.832. The molecule has 0 aliphatic carbocycles. The Hall–Kier alpha value is -2.96. The summed E-state index contributed by atoms with van der Waals surface area (Å²) in [5, 5.41) is 2.75. The van der Waals surface area contributed by atoms with Crippen molar-refractivity contribution in [2.75, 3.05) is 21.3 Å². The number of aryl methyl sites for hydroxylation is 2. The molecule has 134 valence electrons. The standard InChI is InChI=1S/C18H22N2O5/c1-10-6-11(2)20-18(22)13(10)9-19-17(21)12-7-14(23-3)16(25-5)15(8-12)24-4/h6-8H,9H2,1-5H3,(H,19,21)(H,20,22). The van der Waals surface area contributed by atoms with E-state index in [1.54, 1.807) is 12.1 Å². The second kappa shape index (κ2) is 7.74. The molecule has 2 rings (SSSR count). The Kier molecular flexibility index (Phi) is 5.69. The fourth-order valence-electron chi connectivity index (χ4n) is 2.58. The summed E-state index contributed by atoms with van der Waals surface area (Å²) in [6.07, 6.45) is 0. The van der Waals surface area contributed by atoms with Crippen LogP contribution < -0.4 is 25.1 Å². The van der Waals surface area contributed by atoms with Crippen LogP contribution in [0.4, 0.5) is 0 Å². The zero-order valence-corrected chi connectivity index (χ0v) is 15.0. The van der Waals surface area contributed by atoms with Crippen molar-refractivity contribution in [2.24, 2.45) is 0 Å². The molecule has 0 aliphatic heterocycles. The molecule has 1 heterocycles. The highest BCUT2D eigenvalue weighted by atomic mass is 16.5. The van der Waals surface area contributed by atoms with Crippen molar-refractivity contribution < 1.29 is 19.0 Å². The van der Waals surface area contributed by atoms with Crippen LogP contribution in [0.1, 0.15) is 27.2 Å². The van der Waals surface area contributed by atoms with Crippen LogP contribution in [0.2, 0.25) is 0 Å². The lowest BCUT2D eigenvalue weighted by Crippen LogP contribution is -2.28. The third kappa shape index (κ3) is 3.93. The van der Waals surface area contributed by atoms with Gasteiger partial charge in [0.1, 0.15) is 0 Å². The predicted molar refractivity (Wildman–Crippen MR) is 93.8 cm³/mol. The Morgan fingerprint density at radius 3 is 2.12 bits per heavy atom. The van der Waals surface area contributed by atoms with Gasteiger partial charge in [-0.3, -0.25) is 9.59 Å². The highest BCUT2D eigenvalue weighted by molar-refractivity contribution is 5.95. The molecule has 0 saturated heterocycles. The zero-order valence-electron chi connectivity index (χ0n) is 15.0. The van der Waals surface area contributed by atoms with E-state index in [1.165, 1.54) is 21.3 Å². The number of hydrogen-bond donors (Lipinski definition) is 2. The molecule has 2 aromatic rings. The number of methoxy groups -OCH3 is 3. The molecule has 2 N–H and O–H groups in total. The molecule has 0 aliphatic rings. The van der Waals surface area contributed by atoms with E-state index in [0.29, 0.717) is 28.4 Å². The van der Waals surface area contributed by atoms with E-state index in [0.717, 1.165) is 11.3 Å². The summed E-state index contributed by atoms with van der Waals surface area (Å²) >= 11 is 0. The van der Waals surface area contributed by atoms with E-state index in [1.807, 2.05) is 19.9 Å². The number of pyridine rings is 1. The number of hydrogen-bond acceptors (Lipinski definition) is 5. The lowest BCUT2D eigenvalue weighted by atomic mass is 10.1. The van der Waals surface area contributed by atoms with Crippen LogP contribution >= 0.6 is 0 Å². The lowest BCUT2D eigenvalue weighted by Gasteiger charge is -2.14. The van der Waals surface area contributed by atoms with Crippen LogP contribution in [-0.2, 0) is 6.54 Å². The normalized spacial score (nSPS) is 10.3. The highest BCUT2D eigenvalue weighted by Gasteiger charge is 2.17. The Labute approximate surface area is 145 Å². The third-order valence-electron chi connectivity index (χ3n) is 3.85. The Balaban J connectivity index is 2.26. The first-order valence-electron chi connectivity index (χ1n) is 7.68. The van der Waals surface area contributed by atoms with Crippen LogP contribution in [0.25, 0.3) is 0 Å². The van der Waals surface area contributed by atoms with Gasteiger partial charge in [0, 0.05) is 23.4 Å². The highest BCUT2D eigenvalue weighted by Crippen LogP contribution is 2.38. The van der Waals surface area contributed by atoms with Crippen LogP contribution in [0.15, 0.2) is 23.0 Å². The second-order valence-electron chi connectivity index (χ2n) is 5.54. The van der Waals surface area contributed by atoms with E-state index in [2.05, 4.69) is 10.3 Å². The first kappa shape index (κ1) is 18.4. The minimum atomic E-state index is -0.348. The van der Waals surface area contributed by atoms with E-state index >= 15 is 0 Å². The lowest BCUT2D eigenvalue weighted by molar-refractivity contribution is 0.0950. The number of aromatic amines is 1. The van der Waals surface area contributed by atoms with E-state index in [-0.39, 0.29) is 18.0 Å². The fraction of sp³-hybridized carbons (Fsp3) is 0.333. The van der Waals surface area contributed by atoms with E-state index < -0.39 is 0 Å². The van der Waals surface area contributed by atoms with Crippen LogP contribution in [-0.4, -0.2) is 32.2 Å². The maximum Gasteiger partial charge on any atom is 0.253 e. The van der Waals surface area contributed by atoms with E-state index in [9.17, 15) is 9.59 Å². The van der Waals surface area contributed by atoms with Gasteiger partial charge in [-0.1, -0.05) is 0 Å². The fourth-order valence-corrected chi connectivity index (χ4v) is 2.58. The van der Waals surface area contributed by atoms with Gasteiger partial charge in [-0.25, -0.2) is 0 Å². The summed E-state index contributed by atoms with van der Waals surface area (Å²) in [4.78, 5) is 27.2. The van der Waals surface area contributed by atoms with Gasteiger partial charge in [-0.15, -0.1) is 0 Å². The number of rotatable bonds is 6. The monoisotopic (exact) mass is 346 g/mol. The maximum atomic E-state index is 12.5. The molecular formula is C18H22N2O5. The number of benzene rings is 1. The molecule has 0 spiro atoms. The number of amides is 1. The van der Waals surface area contributed by atoms with Gasteiger partial charge in [0.25, 0.3) is 11.5 Å². The smallest absolute Gasteiger partial charge is 0.253 e. The Bertz CT molecular complexity index is 817. The summed E-state index contributed by atoms with van der Waals surface area (Å²) in [6, 6.07) is 4.98. The molecular weight excluding hydrogens is 324 g/mol. The number of carbonyl (C=O) groups excluding carboxylic acids is 1.